The summed E-state index contributed by atoms with van der Waals surface area (Å²) in [5, 5.41) is 19.5. The first-order chi connectivity index (χ1) is 14.7. The Morgan fingerprint density at radius 1 is 1.03 bits per heavy atom. The third-order valence-corrected chi connectivity index (χ3v) is 5.44. The third-order valence-electron chi connectivity index (χ3n) is 5.44. The maximum atomic E-state index is 10.0. The van der Waals surface area contributed by atoms with E-state index >= 15 is 0 Å². The number of nitrogens with one attached hydrogen (secondary N) is 1. The van der Waals surface area contributed by atoms with Gasteiger partial charge in [0.05, 0.1) is 24.3 Å². The number of methoxy groups -OCH3 is 1. The van der Waals surface area contributed by atoms with Crippen molar-refractivity contribution in [3.63, 3.8) is 0 Å². The molecule has 4 aromatic rings. The van der Waals surface area contributed by atoms with Crippen LogP contribution in [0.15, 0.2) is 78.2 Å². The Hall–Kier alpha value is -4.24. The van der Waals surface area contributed by atoms with Crippen molar-refractivity contribution in [2.45, 2.75) is 5.92 Å². The van der Waals surface area contributed by atoms with E-state index < -0.39 is 5.92 Å². The highest BCUT2D eigenvalue weighted by Gasteiger charge is 2.38. The molecule has 3 aromatic carbocycles. The van der Waals surface area contributed by atoms with E-state index in [1.54, 1.807) is 7.11 Å². The van der Waals surface area contributed by atoms with Gasteiger partial charge in [-0.25, -0.2) is 0 Å². The predicted molar refractivity (Wildman–Crippen MR) is 114 cm³/mol. The number of nitriles is 1. The van der Waals surface area contributed by atoms with Crippen LogP contribution >= 0.6 is 0 Å². The topological polar surface area (TPSA) is 96.9 Å². The number of hydrogen-bond acceptors (Lipinski definition) is 5. The van der Waals surface area contributed by atoms with E-state index in [1.165, 1.54) is 0 Å². The van der Waals surface area contributed by atoms with Gasteiger partial charge in [-0.15, -0.1) is 5.10 Å². The van der Waals surface area contributed by atoms with Crippen molar-refractivity contribution in [3.8, 4) is 29.0 Å². The summed E-state index contributed by atoms with van der Waals surface area (Å²) in [6, 6.07) is 24.0. The standard InChI is InChI=1S/C24H18N4O2/c1-29-18-12-11-14-7-5-6-10-16(14)19(18)20-17(13-25)23(26)30-24-21(20)22(27-28-24)15-8-3-2-4-9-15/h2-12,20H,26H2,1H3,(H,27,28)/t20-/m1/s1. The molecule has 3 N–H and O–H groups in total. The molecule has 0 aliphatic carbocycles. The number of benzene rings is 3. The number of aromatic nitrogens is 2. The van der Waals surface area contributed by atoms with E-state index in [9.17, 15) is 5.26 Å². The van der Waals surface area contributed by atoms with Crippen LogP contribution in [0.3, 0.4) is 0 Å². The molecule has 1 atom stereocenters. The summed E-state index contributed by atoms with van der Waals surface area (Å²) in [5.74, 6) is 0.600. The first-order valence-corrected chi connectivity index (χ1v) is 9.49. The summed E-state index contributed by atoms with van der Waals surface area (Å²) in [7, 11) is 1.63. The molecule has 5 rings (SSSR count). The van der Waals surface area contributed by atoms with Crippen LogP contribution in [0.4, 0.5) is 0 Å². The number of hydrogen-bond donors (Lipinski definition) is 2. The summed E-state index contributed by atoms with van der Waals surface area (Å²) >= 11 is 0. The third kappa shape index (κ3) is 2.60. The number of allylic oxidation sites excluding steroid dienone is 1. The van der Waals surface area contributed by atoms with E-state index in [4.69, 9.17) is 15.2 Å². The molecule has 0 spiro atoms. The zero-order chi connectivity index (χ0) is 20.7. The monoisotopic (exact) mass is 394 g/mol. The molecule has 2 heterocycles. The van der Waals surface area contributed by atoms with E-state index in [1.807, 2.05) is 66.7 Å². The normalized spacial score (nSPS) is 15.4. The van der Waals surface area contributed by atoms with Crippen LogP contribution in [0.2, 0.25) is 0 Å². The largest absolute Gasteiger partial charge is 0.496 e. The van der Waals surface area contributed by atoms with Crippen LogP contribution in [0.1, 0.15) is 17.0 Å². The predicted octanol–water partition coefficient (Wildman–Crippen LogP) is 4.46. The Labute approximate surface area is 173 Å². The fourth-order valence-electron chi connectivity index (χ4n) is 4.11. The van der Waals surface area contributed by atoms with Gasteiger partial charge in [0.25, 0.3) is 0 Å². The van der Waals surface area contributed by atoms with Crippen LogP contribution in [0.25, 0.3) is 22.0 Å². The van der Waals surface area contributed by atoms with Crippen molar-refractivity contribution in [2.24, 2.45) is 5.73 Å². The lowest BCUT2D eigenvalue weighted by molar-refractivity contribution is 0.375. The minimum absolute atomic E-state index is 0.0519. The number of nitrogens with two attached hydrogens (primary N) is 1. The number of fused-ring (bicyclic) bond motifs is 2. The Morgan fingerprint density at radius 3 is 2.57 bits per heavy atom. The zero-order valence-electron chi connectivity index (χ0n) is 16.2. The van der Waals surface area contributed by atoms with Gasteiger partial charge in [-0.05, 0) is 22.4 Å². The summed E-state index contributed by atoms with van der Waals surface area (Å²) in [6.45, 7) is 0. The van der Waals surface area contributed by atoms with Gasteiger partial charge in [0.15, 0.2) is 0 Å². The minimum atomic E-state index is -0.492. The molecule has 30 heavy (non-hydrogen) atoms. The Balaban J connectivity index is 1.87. The molecule has 1 aliphatic rings. The molecule has 0 bridgehead atoms. The Kier molecular flexibility index (Phi) is 4.15. The quantitative estimate of drug-likeness (QED) is 0.535. The summed E-state index contributed by atoms with van der Waals surface area (Å²) in [5.41, 5.74) is 9.83. The molecule has 6 nitrogen and oxygen atoms in total. The fourth-order valence-corrected chi connectivity index (χ4v) is 4.11. The van der Waals surface area contributed by atoms with Gasteiger partial charge in [0, 0.05) is 5.56 Å². The van der Waals surface area contributed by atoms with Gasteiger partial charge >= 0.3 is 0 Å². The van der Waals surface area contributed by atoms with Crippen molar-refractivity contribution in [3.05, 3.63) is 89.3 Å². The highest BCUT2D eigenvalue weighted by molar-refractivity contribution is 5.90. The van der Waals surface area contributed by atoms with Crippen molar-refractivity contribution >= 4 is 10.8 Å². The molecular formula is C24H18N4O2. The molecule has 0 saturated carbocycles. The lowest BCUT2D eigenvalue weighted by atomic mass is 9.80. The van der Waals surface area contributed by atoms with Crippen molar-refractivity contribution < 1.29 is 9.47 Å². The van der Waals surface area contributed by atoms with Gasteiger partial charge in [0.1, 0.15) is 17.4 Å². The lowest BCUT2D eigenvalue weighted by Gasteiger charge is -2.26. The summed E-state index contributed by atoms with van der Waals surface area (Å²) < 4.78 is 11.5. The highest BCUT2D eigenvalue weighted by Crippen LogP contribution is 2.49. The van der Waals surface area contributed by atoms with Crippen molar-refractivity contribution in [1.82, 2.24) is 10.2 Å². The summed E-state index contributed by atoms with van der Waals surface area (Å²) in [6.07, 6.45) is 0. The average Bonchev–Trinajstić information content (AvgIpc) is 3.21. The van der Waals surface area contributed by atoms with Gasteiger partial charge in [-0.2, -0.15) is 5.26 Å². The molecule has 0 fully saturated rings. The molecule has 0 radical (unpaired) electrons. The number of aromatic amines is 1. The average molecular weight is 394 g/mol. The second kappa shape index (κ2) is 6.98. The summed E-state index contributed by atoms with van der Waals surface area (Å²) in [4.78, 5) is 0. The van der Waals surface area contributed by atoms with Gasteiger partial charge < -0.3 is 15.2 Å². The number of rotatable bonds is 3. The smallest absolute Gasteiger partial charge is 0.244 e. The van der Waals surface area contributed by atoms with Crippen LogP contribution in [0, 0.1) is 11.3 Å². The first kappa shape index (κ1) is 17.8. The van der Waals surface area contributed by atoms with Gasteiger partial charge in [-0.3, -0.25) is 5.10 Å². The van der Waals surface area contributed by atoms with Gasteiger partial charge in [0.2, 0.25) is 11.8 Å². The molecule has 0 unspecified atom stereocenters. The molecule has 1 aliphatic heterocycles. The number of nitrogens with zero attached hydrogens (tertiary/aromatic N) is 2. The lowest BCUT2D eigenvalue weighted by Crippen LogP contribution is -2.21. The van der Waals surface area contributed by atoms with Crippen LogP contribution in [-0.4, -0.2) is 17.3 Å². The van der Waals surface area contributed by atoms with Crippen LogP contribution in [-0.2, 0) is 0 Å². The maximum absolute atomic E-state index is 10.0. The zero-order valence-corrected chi connectivity index (χ0v) is 16.2. The molecular weight excluding hydrogens is 376 g/mol. The van der Waals surface area contributed by atoms with Crippen LogP contribution < -0.4 is 15.2 Å². The number of ether oxygens (including phenoxy) is 2. The highest BCUT2D eigenvalue weighted by atomic mass is 16.5. The molecule has 1 aromatic heterocycles. The fraction of sp³-hybridized carbons (Fsp3) is 0.0833. The van der Waals surface area contributed by atoms with E-state index in [0.29, 0.717) is 17.2 Å². The van der Waals surface area contributed by atoms with E-state index in [2.05, 4.69) is 16.3 Å². The second-order valence-electron chi connectivity index (χ2n) is 7.01. The van der Waals surface area contributed by atoms with Crippen LogP contribution in [0.5, 0.6) is 11.6 Å². The molecule has 0 saturated heterocycles. The molecule has 146 valence electrons. The van der Waals surface area contributed by atoms with Gasteiger partial charge in [-0.1, -0.05) is 60.7 Å². The first-order valence-electron chi connectivity index (χ1n) is 9.49. The second-order valence-corrected chi connectivity index (χ2v) is 7.01. The Bertz CT molecular complexity index is 1330. The Morgan fingerprint density at radius 2 is 1.80 bits per heavy atom. The maximum Gasteiger partial charge on any atom is 0.244 e. The van der Waals surface area contributed by atoms with E-state index in [0.717, 1.165) is 33.2 Å². The van der Waals surface area contributed by atoms with E-state index in [-0.39, 0.29) is 5.88 Å². The molecule has 0 amide bonds. The van der Waals surface area contributed by atoms with Crippen molar-refractivity contribution in [2.75, 3.05) is 7.11 Å². The molecule has 6 heteroatoms. The number of H-pyrrole nitrogens is 1. The van der Waals surface area contributed by atoms with Crippen molar-refractivity contribution in [1.29, 1.82) is 5.26 Å². The SMILES string of the molecule is COc1ccc2ccccc2c1[C@H]1C(C#N)=C(N)Oc2n[nH]c(-c3ccccc3)c21. The minimum Gasteiger partial charge on any atom is -0.496 e.